The Bertz CT molecular complexity index is 390. The maximum absolute atomic E-state index is 13.2. The van der Waals surface area contributed by atoms with Gasteiger partial charge < -0.3 is 0 Å². The first-order chi connectivity index (χ1) is 6.97. The van der Waals surface area contributed by atoms with Gasteiger partial charge in [0.05, 0.1) is 5.02 Å². The van der Waals surface area contributed by atoms with Gasteiger partial charge in [0.15, 0.2) is 0 Å². The topological polar surface area (TPSA) is 17.1 Å². The molecule has 82 valence electrons. The molecule has 1 aromatic rings. The van der Waals surface area contributed by atoms with Crippen molar-refractivity contribution in [3.63, 3.8) is 0 Å². The largest absolute Gasteiger partial charge is 0.299 e. The summed E-state index contributed by atoms with van der Waals surface area (Å²) in [5.41, 5.74) is 0.491. The first-order valence-electron chi connectivity index (χ1n) is 4.64. The van der Waals surface area contributed by atoms with E-state index in [2.05, 4.69) is 0 Å². The molecular weight excluding hydrogens is 238 g/mol. The molecule has 0 heterocycles. The van der Waals surface area contributed by atoms with E-state index in [9.17, 15) is 9.18 Å². The number of carbonyl (C=O) groups excluding carboxylic acids is 1. The molecule has 0 aliphatic carbocycles. The Morgan fingerprint density at radius 2 is 2.00 bits per heavy atom. The second kappa shape index (κ2) is 4.95. The van der Waals surface area contributed by atoms with Crippen LogP contribution in [-0.4, -0.2) is 5.78 Å². The molecule has 15 heavy (non-hydrogen) atoms. The van der Waals surface area contributed by atoms with Crippen molar-refractivity contribution in [2.24, 2.45) is 0 Å². The molecule has 1 unspecified atom stereocenters. The number of halogens is 3. The van der Waals surface area contributed by atoms with Gasteiger partial charge >= 0.3 is 0 Å². The Kier molecular flexibility index (Phi) is 4.12. The molecule has 1 rings (SSSR count). The van der Waals surface area contributed by atoms with Crippen molar-refractivity contribution in [2.75, 3.05) is 0 Å². The van der Waals surface area contributed by atoms with Crippen LogP contribution in [0.2, 0.25) is 10.0 Å². The quantitative estimate of drug-likeness (QED) is 0.733. The average molecular weight is 249 g/mol. The van der Waals surface area contributed by atoms with Gasteiger partial charge in [-0.3, -0.25) is 4.79 Å². The lowest BCUT2D eigenvalue weighted by Gasteiger charge is -2.12. The highest BCUT2D eigenvalue weighted by atomic mass is 35.5. The van der Waals surface area contributed by atoms with Crippen LogP contribution in [-0.2, 0) is 4.79 Å². The molecule has 0 N–H and O–H groups in total. The Morgan fingerprint density at radius 3 is 2.53 bits per heavy atom. The maximum Gasteiger partial charge on any atom is 0.142 e. The predicted octanol–water partition coefficient (Wildman–Crippen LogP) is 4.22. The smallest absolute Gasteiger partial charge is 0.142 e. The van der Waals surface area contributed by atoms with Crippen molar-refractivity contribution >= 4 is 29.0 Å². The Balaban J connectivity index is 3.14. The van der Waals surface area contributed by atoms with Gasteiger partial charge in [0.2, 0.25) is 0 Å². The summed E-state index contributed by atoms with van der Waals surface area (Å²) in [7, 11) is 0. The number of Topliss-reactive ketones (excluding diaryl/α,β-unsaturated/α-hetero) is 1. The molecule has 0 aliphatic rings. The lowest BCUT2D eigenvalue weighted by molar-refractivity contribution is -0.119. The van der Waals surface area contributed by atoms with Gasteiger partial charge in [-0.1, -0.05) is 37.0 Å². The molecular formula is C11H11Cl2FO. The highest BCUT2D eigenvalue weighted by Gasteiger charge is 2.18. The minimum atomic E-state index is -0.549. The molecule has 0 aromatic heterocycles. The van der Waals surface area contributed by atoms with Crippen LogP contribution < -0.4 is 0 Å². The summed E-state index contributed by atoms with van der Waals surface area (Å²) in [5.74, 6) is -0.917. The molecule has 1 aromatic carbocycles. The van der Waals surface area contributed by atoms with Gasteiger partial charge in [-0.25, -0.2) is 4.39 Å². The van der Waals surface area contributed by atoms with Gasteiger partial charge in [0.25, 0.3) is 0 Å². The zero-order valence-corrected chi connectivity index (χ0v) is 9.99. The third kappa shape index (κ3) is 2.70. The van der Waals surface area contributed by atoms with E-state index >= 15 is 0 Å². The molecule has 0 aliphatic heterocycles. The van der Waals surface area contributed by atoms with E-state index in [0.29, 0.717) is 17.0 Å². The van der Waals surface area contributed by atoms with E-state index in [1.807, 2.05) is 0 Å². The van der Waals surface area contributed by atoms with Crippen LogP contribution in [0.4, 0.5) is 4.39 Å². The Hall–Kier alpha value is -0.600. The summed E-state index contributed by atoms with van der Waals surface area (Å²) >= 11 is 11.5. The monoisotopic (exact) mass is 248 g/mol. The van der Waals surface area contributed by atoms with E-state index in [1.54, 1.807) is 13.8 Å². The zero-order valence-electron chi connectivity index (χ0n) is 8.48. The van der Waals surface area contributed by atoms with Crippen molar-refractivity contribution in [1.82, 2.24) is 0 Å². The van der Waals surface area contributed by atoms with Gasteiger partial charge in [0, 0.05) is 17.4 Å². The minimum Gasteiger partial charge on any atom is -0.299 e. The summed E-state index contributed by atoms with van der Waals surface area (Å²) < 4.78 is 13.2. The van der Waals surface area contributed by atoms with E-state index in [1.165, 1.54) is 12.1 Å². The zero-order chi connectivity index (χ0) is 11.6. The van der Waals surface area contributed by atoms with Crippen LogP contribution in [0.1, 0.15) is 31.7 Å². The average Bonchev–Trinajstić information content (AvgIpc) is 2.21. The van der Waals surface area contributed by atoms with Crippen molar-refractivity contribution < 1.29 is 9.18 Å². The normalized spacial score (nSPS) is 12.6. The van der Waals surface area contributed by atoms with Crippen molar-refractivity contribution in [2.45, 2.75) is 26.2 Å². The van der Waals surface area contributed by atoms with Crippen LogP contribution in [0.5, 0.6) is 0 Å². The van der Waals surface area contributed by atoms with E-state index < -0.39 is 11.7 Å². The minimum absolute atomic E-state index is 0.0265. The predicted molar refractivity (Wildman–Crippen MR) is 60.1 cm³/mol. The molecule has 0 saturated heterocycles. The van der Waals surface area contributed by atoms with Crippen LogP contribution in [0.25, 0.3) is 0 Å². The van der Waals surface area contributed by atoms with Crippen molar-refractivity contribution in [1.29, 1.82) is 0 Å². The number of rotatable bonds is 3. The number of hydrogen-bond acceptors (Lipinski definition) is 1. The number of benzene rings is 1. The van der Waals surface area contributed by atoms with Crippen LogP contribution in [0, 0.1) is 5.82 Å². The van der Waals surface area contributed by atoms with Crippen LogP contribution >= 0.6 is 23.2 Å². The summed E-state index contributed by atoms with van der Waals surface area (Å²) in [6.07, 6.45) is 0.405. The molecule has 0 radical (unpaired) electrons. The molecule has 1 nitrogen and oxygen atoms in total. The molecule has 0 spiro atoms. The SMILES string of the molecule is CCC(=O)C(C)c1cc(F)c(Cl)cc1Cl. The van der Waals surface area contributed by atoms with Crippen LogP contribution in [0.15, 0.2) is 12.1 Å². The van der Waals surface area contributed by atoms with Crippen molar-refractivity contribution in [3.8, 4) is 0 Å². The fraction of sp³-hybridized carbons (Fsp3) is 0.364. The van der Waals surface area contributed by atoms with Crippen molar-refractivity contribution in [3.05, 3.63) is 33.6 Å². The Morgan fingerprint density at radius 1 is 1.40 bits per heavy atom. The molecule has 0 saturated carbocycles. The van der Waals surface area contributed by atoms with Gasteiger partial charge in [-0.2, -0.15) is 0 Å². The summed E-state index contributed by atoms with van der Waals surface area (Å²) in [6, 6.07) is 2.55. The third-order valence-corrected chi connectivity index (χ3v) is 2.95. The first-order valence-corrected chi connectivity index (χ1v) is 5.40. The lowest BCUT2D eigenvalue weighted by Crippen LogP contribution is -2.08. The highest BCUT2D eigenvalue weighted by molar-refractivity contribution is 6.35. The number of hydrogen-bond donors (Lipinski definition) is 0. The van der Waals surface area contributed by atoms with Crippen LogP contribution in [0.3, 0.4) is 0 Å². The first kappa shape index (κ1) is 12.5. The fourth-order valence-corrected chi connectivity index (χ4v) is 1.90. The summed E-state index contributed by atoms with van der Waals surface area (Å²) in [4.78, 5) is 11.4. The standard InChI is InChI=1S/C11H11Cl2FO/c1-3-11(15)6(2)7-4-10(14)9(13)5-8(7)12/h4-6H,3H2,1-2H3. The summed E-state index contributed by atoms with van der Waals surface area (Å²) in [6.45, 7) is 3.47. The highest BCUT2D eigenvalue weighted by Crippen LogP contribution is 2.30. The van der Waals surface area contributed by atoms with Gasteiger partial charge in [-0.15, -0.1) is 0 Å². The molecule has 0 amide bonds. The lowest BCUT2D eigenvalue weighted by atomic mass is 9.95. The maximum atomic E-state index is 13.2. The number of ketones is 1. The third-order valence-electron chi connectivity index (χ3n) is 2.34. The number of carbonyl (C=O) groups is 1. The second-order valence-corrected chi connectivity index (χ2v) is 4.14. The van der Waals surface area contributed by atoms with Gasteiger partial charge in [0.1, 0.15) is 11.6 Å². The Labute approximate surface area is 98.2 Å². The fourth-order valence-electron chi connectivity index (χ4n) is 1.35. The van der Waals surface area contributed by atoms with E-state index in [4.69, 9.17) is 23.2 Å². The van der Waals surface area contributed by atoms with E-state index in [0.717, 1.165) is 0 Å². The molecule has 0 fully saturated rings. The molecule has 4 heteroatoms. The molecule has 1 atom stereocenters. The van der Waals surface area contributed by atoms with Gasteiger partial charge in [-0.05, 0) is 17.7 Å². The molecule has 0 bridgehead atoms. The summed E-state index contributed by atoms with van der Waals surface area (Å²) in [5, 5.41) is 0.301. The second-order valence-electron chi connectivity index (χ2n) is 3.33. The van der Waals surface area contributed by atoms with E-state index in [-0.39, 0.29) is 10.8 Å².